The van der Waals surface area contributed by atoms with E-state index in [1.165, 1.54) is 83.8 Å². The third-order valence-electron chi connectivity index (χ3n) is 4.17. The quantitative estimate of drug-likeness (QED) is 0.419. The summed E-state index contributed by atoms with van der Waals surface area (Å²) in [5.74, 6) is 0. The van der Waals surface area contributed by atoms with Crippen LogP contribution < -0.4 is 10.6 Å². The van der Waals surface area contributed by atoms with Gasteiger partial charge in [0.1, 0.15) is 0 Å². The van der Waals surface area contributed by atoms with Gasteiger partial charge in [0, 0.05) is 5.54 Å². The monoisotopic (exact) mass is 284 g/mol. The highest BCUT2D eigenvalue weighted by molar-refractivity contribution is 4.82. The number of rotatable bonds is 15. The molecule has 2 heteroatoms. The minimum absolute atomic E-state index is 0.379. The summed E-state index contributed by atoms with van der Waals surface area (Å²) in [5, 5.41) is 7.34. The minimum Gasteiger partial charge on any atom is -0.317 e. The fraction of sp³-hybridized carbons (Fsp3) is 1.00. The Morgan fingerprint density at radius 1 is 0.650 bits per heavy atom. The molecule has 0 saturated carbocycles. The normalized spacial score (nSPS) is 14.4. The molecule has 20 heavy (non-hydrogen) atoms. The Hall–Kier alpha value is -0.0800. The molecule has 0 aromatic carbocycles. The van der Waals surface area contributed by atoms with Crippen LogP contribution in [0.25, 0.3) is 0 Å². The van der Waals surface area contributed by atoms with E-state index in [1.807, 2.05) is 0 Å². The van der Waals surface area contributed by atoms with Crippen LogP contribution in [-0.2, 0) is 0 Å². The summed E-state index contributed by atoms with van der Waals surface area (Å²) in [7, 11) is 0. The van der Waals surface area contributed by atoms with E-state index in [0.29, 0.717) is 5.54 Å². The SMILES string of the molecule is CCCCNCCCCCNC(C)(CCC)CCCC. The van der Waals surface area contributed by atoms with Gasteiger partial charge in [-0.1, -0.05) is 52.9 Å². The van der Waals surface area contributed by atoms with Crippen molar-refractivity contribution in [1.29, 1.82) is 0 Å². The van der Waals surface area contributed by atoms with Gasteiger partial charge < -0.3 is 10.6 Å². The van der Waals surface area contributed by atoms with Crippen LogP contribution in [0, 0.1) is 0 Å². The molecular weight excluding hydrogens is 244 g/mol. The zero-order valence-corrected chi connectivity index (χ0v) is 14.7. The van der Waals surface area contributed by atoms with Gasteiger partial charge >= 0.3 is 0 Å². The maximum absolute atomic E-state index is 3.82. The van der Waals surface area contributed by atoms with Crippen LogP contribution in [0.1, 0.15) is 91.9 Å². The van der Waals surface area contributed by atoms with Crippen molar-refractivity contribution >= 4 is 0 Å². The molecule has 122 valence electrons. The fourth-order valence-corrected chi connectivity index (χ4v) is 2.79. The molecule has 1 atom stereocenters. The zero-order chi connectivity index (χ0) is 15.1. The van der Waals surface area contributed by atoms with Crippen LogP contribution >= 0.6 is 0 Å². The number of nitrogens with one attached hydrogen (secondary N) is 2. The van der Waals surface area contributed by atoms with Crippen molar-refractivity contribution in [3.63, 3.8) is 0 Å². The molecule has 0 amide bonds. The van der Waals surface area contributed by atoms with E-state index in [0.717, 1.165) is 0 Å². The van der Waals surface area contributed by atoms with Gasteiger partial charge in [-0.15, -0.1) is 0 Å². The Morgan fingerprint density at radius 3 is 1.95 bits per heavy atom. The molecule has 1 unspecified atom stereocenters. The number of hydrogen-bond acceptors (Lipinski definition) is 2. The fourth-order valence-electron chi connectivity index (χ4n) is 2.79. The topological polar surface area (TPSA) is 24.1 Å². The van der Waals surface area contributed by atoms with E-state index in [4.69, 9.17) is 0 Å². The summed E-state index contributed by atoms with van der Waals surface area (Å²) >= 11 is 0. The van der Waals surface area contributed by atoms with E-state index in [2.05, 4.69) is 38.3 Å². The lowest BCUT2D eigenvalue weighted by molar-refractivity contribution is 0.295. The Balaban J connectivity index is 3.53. The predicted molar refractivity (Wildman–Crippen MR) is 92.5 cm³/mol. The van der Waals surface area contributed by atoms with E-state index >= 15 is 0 Å². The van der Waals surface area contributed by atoms with Crippen molar-refractivity contribution in [2.45, 2.75) is 97.4 Å². The van der Waals surface area contributed by atoms with Crippen LogP contribution in [0.4, 0.5) is 0 Å². The van der Waals surface area contributed by atoms with Gasteiger partial charge in [0.2, 0.25) is 0 Å². The second kappa shape index (κ2) is 13.9. The summed E-state index contributed by atoms with van der Waals surface area (Å²) < 4.78 is 0. The van der Waals surface area contributed by atoms with Crippen molar-refractivity contribution < 1.29 is 0 Å². The average Bonchev–Trinajstić information content (AvgIpc) is 2.44. The molecule has 0 saturated heterocycles. The molecule has 0 heterocycles. The maximum Gasteiger partial charge on any atom is 0.0153 e. The second-order valence-electron chi connectivity index (χ2n) is 6.51. The largest absolute Gasteiger partial charge is 0.317 e. The molecule has 0 aliphatic heterocycles. The first-order valence-corrected chi connectivity index (χ1v) is 9.14. The minimum atomic E-state index is 0.379. The van der Waals surface area contributed by atoms with Crippen molar-refractivity contribution in [2.24, 2.45) is 0 Å². The molecule has 0 bridgehead atoms. The summed E-state index contributed by atoms with van der Waals surface area (Å²) in [6.45, 7) is 12.8. The second-order valence-corrected chi connectivity index (χ2v) is 6.51. The summed E-state index contributed by atoms with van der Waals surface area (Å²) in [5.41, 5.74) is 0.379. The Kier molecular flexibility index (Phi) is 13.8. The maximum atomic E-state index is 3.82. The standard InChI is InChI=1S/C18H40N2/c1-5-8-14-18(4,13-7-3)20-17-12-10-11-16-19-15-9-6-2/h19-20H,5-17H2,1-4H3. The highest BCUT2D eigenvalue weighted by atomic mass is 15.0. The third-order valence-corrected chi connectivity index (χ3v) is 4.17. The molecule has 2 N–H and O–H groups in total. The lowest BCUT2D eigenvalue weighted by Crippen LogP contribution is -2.42. The molecule has 0 aliphatic rings. The van der Waals surface area contributed by atoms with Gasteiger partial charge in [-0.2, -0.15) is 0 Å². The average molecular weight is 285 g/mol. The van der Waals surface area contributed by atoms with Crippen molar-refractivity contribution in [3.05, 3.63) is 0 Å². The molecule has 0 fully saturated rings. The third kappa shape index (κ3) is 11.7. The highest BCUT2D eigenvalue weighted by Gasteiger charge is 2.20. The molecule has 0 aliphatic carbocycles. The first-order valence-electron chi connectivity index (χ1n) is 9.14. The van der Waals surface area contributed by atoms with E-state index in [-0.39, 0.29) is 0 Å². The molecule has 0 spiro atoms. The number of hydrogen-bond donors (Lipinski definition) is 2. The van der Waals surface area contributed by atoms with Crippen LogP contribution in [0.2, 0.25) is 0 Å². The number of unbranched alkanes of at least 4 members (excludes halogenated alkanes) is 4. The Morgan fingerprint density at radius 2 is 1.30 bits per heavy atom. The molecule has 0 aromatic heterocycles. The lowest BCUT2D eigenvalue weighted by atomic mass is 9.90. The molecule has 0 rings (SSSR count). The van der Waals surface area contributed by atoms with Gasteiger partial charge in [0.15, 0.2) is 0 Å². The van der Waals surface area contributed by atoms with Gasteiger partial charge in [-0.3, -0.25) is 0 Å². The Labute approximate surface area is 128 Å². The smallest absolute Gasteiger partial charge is 0.0153 e. The van der Waals surface area contributed by atoms with Crippen molar-refractivity contribution in [3.8, 4) is 0 Å². The van der Waals surface area contributed by atoms with Crippen LogP contribution in [0.3, 0.4) is 0 Å². The van der Waals surface area contributed by atoms with Gasteiger partial charge in [0.25, 0.3) is 0 Å². The van der Waals surface area contributed by atoms with E-state index in [9.17, 15) is 0 Å². The molecule has 0 aromatic rings. The van der Waals surface area contributed by atoms with Crippen LogP contribution in [0.5, 0.6) is 0 Å². The van der Waals surface area contributed by atoms with Gasteiger partial charge in [-0.05, 0) is 58.7 Å². The zero-order valence-electron chi connectivity index (χ0n) is 14.7. The van der Waals surface area contributed by atoms with Gasteiger partial charge in [-0.25, -0.2) is 0 Å². The first-order chi connectivity index (χ1) is 9.68. The molecule has 2 nitrogen and oxygen atoms in total. The molecular formula is C18H40N2. The summed E-state index contributed by atoms with van der Waals surface area (Å²) in [6.07, 6.45) is 13.2. The van der Waals surface area contributed by atoms with E-state index < -0.39 is 0 Å². The predicted octanol–water partition coefficient (Wildman–Crippen LogP) is 4.89. The summed E-state index contributed by atoms with van der Waals surface area (Å²) in [4.78, 5) is 0. The first kappa shape index (κ1) is 19.9. The van der Waals surface area contributed by atoms with Crippen LogP contribution in [0.15, 0.2) is 0 Å². The highest BCUT2D eigenvalue weighted by Crippen LogP contribution is 2.20. The van der Waals surface area contributed by atoms with Crippen molar-refractivity contribution in [2.75, 3.05) is 19.6 Å². The van der Waals surface area contributed by atoms with Crippen LogP contribution in [-0.4, -0.2) is 25.2 Å². The van der Waals surface area contributed by atoms with E-state index in [1.54, 1.807) is 0 Å². The molecule has 0 radical (unpaired) electrons. The van der Waals surface area contributed by atoms with Crippen molar-refractivity contribution in [1.82, 2.24) is 10.6 Å². The Bertz CT molecular complexity index is 194. The lowest BCUT2D eigenvalue weighted by Gasteiger charge is -2.31. The summed E-state index contributed by atoms with van der Waals surface area (Å²) in [6, 6.07) is 0. The van der Waals surface area contributed by atoms with Gasteiger partial charge in [0.05, 0.1) is 0 Å².